The highest BCUT2D eigenvalue weighted by molar-refractivity contribution is 5.96. The number of nitrogens with zero attached hydrogens (tertiary/aromatic N) is 2. The van der Waals surface area contributed by atoms with Gasteiger partial charge >= 0.3 is 0 Å². The second-order valence-electron chi connectivity index (χ2n) is 7.01. The molecule has 5 nitrogen and oxygen atoms in total. The minimum absolute atomic E-state index is 0.0790. The van der Waals surface area contributed by atoms with Crippen molar-refractivity contribution in [3.8, 4) is 0 Å². The molecular weight excluding hydrogens is 266 g/mol. The number of aromatic nitrogens is 1. The average molecular weight is 293 g/mol. The second-order valence-corrected chi connectivity index (χ2v) is 7.01. The Morgan fingerprint density at radius 1 is 1.38 bits per heavy atom. The van der Waals surface area contributed by atoms with Gasteiger partial charge in [-0.1, -0.05) is 25.9 Å². The van der Waals surface area contributed by atoms with Gasteiger partial charge in [0.15, 0.2) is 0 Å². The van der Waals surface area contributed by atoms with Crippen molar-refractivity contribution in [1.29, 1.82) is 0 Å². The molecule has 1 amide bonds. The molecule has 1 fully saturated rings. The average Bonchev–Trinajstić information content (AvgIpc) is 3.03. The lowest BCUT2D eigenvalue weighted by atomic mass is 9.88. The van der Waals surface area contributed by atoms with Gasteiger partial charge in [0.1, 0.15) is 17.0 Å². The van der Waals surface area contributed by atoms with Crippen LogP contribution in [0.4, 0.5) is 0 Å². The Morgan fingerprint density at radius 3 is 2.57 bits per heavy atom. The van der Waals surface area contributed by atoms with Crippen LogP contribution in [-0.4, -0.2) is 41.6 Å². The van der Waals surface area contributed by atoms with Gasteiger partial charge in [0.2, 0.25) is 0 Å². The van der Waals surface area contributed by atoms with Crippen molar-refractivity contribution in [1.82, 2.24) is 15.4 Å². The molecule has 1 saturated heterocycles. The molecule has 1 aromatic heterocycles. The number of rotatable bonds is 4. The van der Waals surface area contributed by atoms with Crippen LogP contribution in [0, 0.1) is 6.92 Å². The maximum Gasteiger partial charge on any atom is 0.256 e. The van der Waals surface area contributed by atoms with E-state index >= 15 is 0 Å². The molecule has 0 bridgehead atoms. The van der Waals surface area contributed by atoms with E-state index in [-0.39, 0.29) is 11.3 Å². The number of nitrogens with one attached hydrogen (secondary N) is 1. The van der Waals surface area contributed by atoms with E-state index in [2.05, 4.69) is 22.3 Å². The molecule has 1 atom stereocenters. The SMILES string of the molecule is Cc1onc(C(C)(C)C)c1C(=O)NCC(C)N1CCCC1. The molecule has 2 heterocycles. The molecule has 0 spiro atoms. The second kappa shape index (κ2) is 6.18. The highest BCUT2D eigenvalue weighted by atomic mass is 16.5. The number of carbonyl (C=O) groups is 1. The van der Waals surface area contributed by atoms with Crippen LogP contribution >= 0.6 is 0 Å². The molecule has 0 radical (unpaired) electrons. The van der Waals surface area contributed by atoms with Crippen LogP contribution in [-0.2, 0) is 5.41 Å². The fourth-order valence-corrected chi connectivity index (χ4v) is 2.79. The number of hydrogen-bond donors (Lipinski definition) is 1. The van der Waals surface area contributed by atoms with Gasteiger partial charge in [-0.2, -0.15) is 0 Å². The van der Waals surface area contributed by atoms with Gasteiger partial charge in [-0.25, -0.2) is 0 Å². The summed E-state index contributed by atoms with van der Waals surface area (Å²) in [4.78, 5) is 14.9. The predicted octanol–water partition coefficient (Wildman–Crippen LogP) is 2.49. The fourth-order valence-electron chi connectivity index (χ4n) is 2.79. The first-order valence-corrected chi connectivity index (χ1v) is 7.79. The van der Waals surface area contributed by atoms with Crippen molar-refractivity contribution in [3.63, 3.8) is 0 Å². The normalized spacial score (nSPS) is 18.0. The molecule has 0 aromatic carbocycles. The quantitative estimate of drug-likeness (QED) is 0.926. The van der Waals surface area contributed by atoms with Gasteiger partial charge < -0.3 is 9.84 Å². The smallest absolute Gasteiger partial charge is 0.256 e. The first kappa shape index (κ1) is 16.0. The molecular formula is C16H27N3O2. The summed E-state index contributed by atoms with van der Waals surface area (Å²) in [6.07, 6.45) is 2.52. The lowest BCUT2D eigenvalue weighted by Gasteiger charge is -2.24. The third kappa shape index (κ3) is 3.64. The summed E-state index contributed by atoms with van der Waals surface area (Å²) in [5, 5.41) is 7.10. The standard InChI is InChI=1S/C16H27N3O2/c1-11(19-8-6-7-9-19)10-17-15(20)13-12(2)21-18-14(13)16(3,4)5/h11H,6-10H2,1-5H3,(H,17,20). The van der Waals surface area contributed by atoms with Crippen LogP contribution in [0.1, 0.15) is 62.3 Å². The topological polar surface area (TPSA) is 58.4 Å². The van der Waals surface area contributed by atoms with Gasteiger partial charge in [-0.3, -0.25) is 9.69 Å². The van der Waals surface area contributed by atoms with E-state index in [1.807, 2.05) is 20.8 Å². The Labute approximate surface area is 127 Å². The zero-order valence-electron chi connectivity index (χ0n) is 13.8. The summed E-state index contributed by atoms with van der Waals surface area (Å²) in [6.45, 7) is 13.0. The molecule has 5 heteroatoms. The zero-order chi connectivity index (χ0) is 15.6. The summed E-state index contributed by atoms with van der Waals surface area (Å²) < 4.78 is 5.23. The Morgan fingerprint density at radius 2 is 2.00 bits per heavy atom. The van der Waals surface area contributed by atoms with E-state index in [1.165, 1.54) is 12.8 Å². The number of aryl methyl sites for hydroxylation is 1. The van der Waals surface area contributed by atoms with Crippen molar-refractivity contribution >= 4 is 5.91 Å². The van der Waals surface area contributed by atoms with Crippen LogP contribution in [0.2, 0.25) is 0 Å². The number of hydrogen-bond acceptors (Lipinski definition) is 4. The van der Waals surface area contributed by atoms with Gasteiger partial charge in [-0.05, 0) is 39.8 Å². The third-order valence-electron chi connectivity index (χ3n) is 4.12. The van der Waals surface area contributed by atoms with Gasteiger partial charge in [0.05, 0.1) is 0 Å². The van der Waals surface area contributed by atoms with Crippen molar-refractivity contribution < 1.29 is 9.32 Å². The minimum atomic E-state index is -0.203. The Bertz CT molecular complexity index is 496. The highest BCUT2D eigenvalue weighted by Crippen LogP contribution is 2.26. The molecule has 1 N–H and O–H groups in total. The summed E-state index contributed by atoms with van der Waals surface area (Å²) in [6, 6.07) is 0.370. The summed E-state index contributed by atoms with van der Waals surface area (Å²) >= 11 is 0. The van der Waals surface area contributed by atoms with Crippen LogP contribution in [0.15, 0.2) is 4.52 Å². The molecule has 21 heavy (non-hydrogen) atoms. The van der Waals surface area contributed by atoms with Gasteiger partial charge in [0.25, 0.3) is 5.91 Å². The molecule has 0 aliphatic carbocycles. The molecule has 1 aromatic rings. The Hall–Kier alpha value is -1.36. The summed E-state index contributed by atoms with van der Waals surface area (Å²) in [5.41, 5.74) is 1.12. The fraction of sp³-hybridized carbons (Fsp3) is 0.750. The van der Waals surface area contributed by atoms with E-state index < -0.39 is 0 Å². The van der Waals surface area contributed by atoms with Crippen molar-refractivity contribution in [2.75, 3.05) is 19.6 Å². The molecule has 2 rings (SSSR count). The van der Waals surface area contributed by atoms with Crippen LogP contribution in [0.3, 0.4) is 0 Å². The number of amides is 1. The third-order valence-corrected chi connectivity index (χ3v) is 4.12. The predicted molar refractivity (Wildman–Crippen MR) is 82.5 cm³/mol. The van der Waals surface area contributed by atoms with Crippen LogP contribution in [0.5, 0.6) is 0 Å². The first-order chi connectivity index (χ1) is 9.80. The van der Waals surface area contributed by atoms with Crippen molar-refractivity contribution in [2.24, 2.45) is 0 Å². The maximum absolute atomic E-state index is 12.5. The molecule has 1 aliphatic heterocycles. The largest absolute Gasteiger partial charge is 0.361 e. The Kier molecular flexibility index (Phi) is 4.71. The van der Waals surface area contributed by atoms with E-state index in [0.29, 0.717) is 23.9 Å². The summed E-state index contributed by atoms with van der Waals surface area (Å²) in [7, 11) is 0. The number of likely N-dealkylation sites (tertiary alicyclic amines) is 1. The van der Waals surface area contributed by atoms with Crippen LogP contribution in [0.25, 0.3) is 0 Å². The van der Waals surface area contributed by atoms with E-state index in [9.17, 15) is 4.79 Å². The van der Waals surface area contributed by atoms with Crippen LogP contribution < -0.4 is 5.32 Å². The lowest BCUT2D eigenvalue weighted by Crippen LogP contribution is -2.41. The van der Waals surface area contributed by atoms with E-state index in [0.717, 1.165) is 18.8 Å². The first-order valence-electron chi connectivity index (χ1n) is 7.79. The molecule has 1 aliphatic rings. The highest BCUT2D eigenvalue weighted by Gasteiger charge is 2.29. The molecule has 1 unspecified atom stereocenters. The van der Waals surface area contributed by atoms with Crippen molar-refractivity contribution in [2.45, 2.75) is 58.9 Å². The zero-order valence-corrected chi connectivity index (χ0v) is 13.8. The monoisotopic (exact) mass is 293 g/mol. The van der Waals surface area contributed by atoms with E-state index in [1.54, 1.807) is 6.92 Å². The molecule has 0 saturated carbocycles. The maximum atomic E-state index is 12.5. The molecule has 118 valence electrons. The summed E-state index contributed by atoms with van der Waals surface area (Å²) in [5.74, 6) is 0.510. The van der Waals surface area contributed by atoms with Gasteiger partial charge in [0, 0.05) is 18.0 Å². The lowest BCUT2D eigenvalue weighted by molar-refractivity contribution is 0.0937. The Balaban J connectivity index is 2.02. The number of carbonyl (C=O) groups excluding carboxylic acids is 1. The van der Waals surface area contributed by atoms with Crippen molar-refractivity contribution in [3.05, 3.63) is 17.0 Å². The van der Waals surface area contributed by atoms with Gasteiger partial charge in [-0.15, -0.1) is 0 Å². The minimum Gasteiger partial charge on any atom is -0.361 e. The van der Waals surface area contributed by atoms with E-state index in [4.69, 9.17) is 4.52 Å².